The van der Waals surface area contributed by atoms with Crippen LogP contribution in [0.3, 0.4) is 0 Å². The lowest BCUT2D eigenvalue weighted by Gasteiger charge is -2.07. The van der Waals surface area contributed by atoms with Gasteiger partial charge in [-0.1, -0.05) is 13.8 Å². The van der Waals surface area contributed by atoms with Crippen molar-refractivity contribution in [3.05, 3.63) is 36.4 Å². The monoisotopic (exact) mass is 349 g/mol. The van der Waals surface area contributed by atoms with Gasteiger partial charge in [-0.15, -0.1) is 5.10 Å². The lowest BCUT2D eigenvalue weighted by molar-refractivity contribution is 0.681. The molecule has 4 aromatic rings. The average Bonchev–Trinajstić information content (AvgIpc) is 3.18. The van der Waals surface area contributed by atoms with Crippen LogP contribution in [0.5, 0.6) is 0 Å². The Morgan fingerprint density at radius 1 is 1.15 bits per heavy atom. The van der Waals surface area contributed by atoms with Crippen LogP contribution in [-0.4, -0.2) is 35.7 Å². The fourth-order valence-electron chi connectivity index (χ4n) is 3.14. The van der Waals surface area contributed by atoms with Crippen LogP contribution in [-0.2, 0) is 6.54 Å². The summed E-state index contributed by atoms with van der Waals surface area (Å²) >= 11 is 0. The van der Waals surface area contributed by atoms with E-state index in [0.717, 1.165) is 46.9 Å². The van der Waals surface area contributed by atoms with Gasteiger partial charge in [0.15, 0.2) is 5.65 Å². The molecule has 0 radical (unpaired) electrons. The van der Waals surface area contributed by atoms with Crippen LogP contribution in [0.2, 0.25) is 0 Å². The molecule has 0 unspecified atom stereocenters. The molecule has 4 aromatic heterocycles. The number of imidazole rings is 1. The summed E-state index contributed by atoms with van der Waals surface area (Å²) in [5, 5.41) is 7.80. The van der Waals surface area contributed by atoms with E-state index in [9.17, 15) is 0 Å². The van der Waals surface area contributed by atoms with Gasteiger partial charge in [0.2, 0.25) is 5.95 Å². The molecule has 7 nitrogen and oxygen atoms in total. The lowest BCUT2D eigenvalue weighted by atomic mass is 10.2. The van der Waals surface area contributed by atoms with Gasteiger partial charge in [-0.2, -0.15) is 0 Å². The minimum Gasteiger partial charge on any atom is -0.353 e. The number of nitrogens with zero attached hydrogens (tertiary/aromatic N) is 6. The third-order valence-corrected chi connectivity index (χ3v) is 4.46. The van der Waals surface area contributed by atoms with E-state index in [4.69, 9.17) is 4.98 Å². The first-order valence-corrected chi connectivity index (χ1v) is 8.99. The number of anilines is 1. The summed E-state index contributed by atoms with van der Waals surface area (Å²) in [6.45, 7) is 10.1. The van der Waals surface area contributed by atoms with Gasteiger partial charge in [-0.3, -0.25) is 0 Å². The van der Waals surface area contributed by atoms with Crippen molar-refractivity contribution in [1.29, 1.82) is 0 Å². The highest BCUT2D eigenvalue weighted by molar-refractivity contribution is 5.82. The second-order valence-corrected chi connectivity index (χ2v) is 6.86. The summed E-state index contributed by atoms with van der Waals surface area (Å²) in [6.07, 6.45) is 3.79. The first-order chi connectivity index (χ1) is 12.6. The van der Waals surface area contributed by atoms with Crippen molar-refractivity contribution in [3.8, 4) is 11.3 Å². The van der Waals surface area contributed by atoms with E-state index >= 15 is 0 Å². The number of aryl methyl sites for hydroxylation is 2. The van der Waals surface area contributed by atoms with E-state index in [1.165, 1.54) is 0 Å². The van der Waals surface area contributed by atoms with Gasteiger partial charge < -0.3 is 9.88 Å². The zero-order valence-corrected chi connectivity index (χ0v) is 15.6. The summed E-state index contributed by atoms with van der Waals surface area (Å²) in [5.41, 5.74) is 4.70. The molecule has 0 saturated carbocycles. The predicted octanol–water partition coefficient (Wildman–Crippen LogP) is 3.54. The van der Waals surface area contributed by atoms with E-state index in [0.29, 0.717) is 11.9 Å². The van der Waals surface area contributed by atoms with Crippen molar-refractivity contribution in [2.24, 2.45) is 5.92 Å². The van der Waals surface area contributed by atoms with Crippen LogP contribution < -0.4 is 5.32 Å². The smallest absolute Gasteiger partial charge is 0.241 e. The first kappa shape index (κ1) is 16.5. The molecule has 0 aliphatic heterocycles. The van der Waals surface area contributed by atoms with Crippen molar-refractivity contribution in [2.45, 2.75) is 34.2 Å². The van der Waals surface area contributed by atoms with Crippen molar-refractivity contribution in [1.82, 2.24) is 29.1 Å². The molecule has 134 valence electrons. The molecule has 0 aliphatic carbocycles. The molecule has 0 amide bonds. The number of pyridine rings is 1. The largest absolute Gasteiger partial charge is 0.353 e. The highest BCUT2D eigenvalue weighted by atomic mass is 15.3. The molecule has 0 aliphatic rings. The molecule has 0 fully saturated rings. The summed E-state index contributed by atoms with van der Waals surface area (Å²) in [6, 6.07) is 6.07. The zero-order chi connectivity index (χ0) is 18.3. The second kappa shape index (κ2) is 6.40. The maximum Gasteiger partial charge on any atom is 0.241 e. The number of rotatable bonds is 5. The van der Waals surface area contributed by atoms with Crippen molar-refractivity contribution < 1.29 is 0 Å². The van der Waals surface area contributed by atoms with Gasteiger partial charge in [0, 0.05) is 24.8 Å². The van der Waals surface area contributed by atoms with E-state index < -0.39 is 0 Å². The third-order valence-electron chi connectivity index (χ3n) is 4.46. The Balaban J connectivity index is 1.75. The quantitative estimate of drug-likeness (QED) is 0.597. The normalized spacial score (nSPS) is 11.7. The van der Waals surface area contributed by atoms with Crippen molar-refractivity contribution in [2.75, 3.05) is 11.9 Å². The second-order valence-electron chi connectivity index (χ2n) is 6.86. The SMILES string of the molecule is CCn1c(C)nc2ccc(-c3ccn4nc(NCC(C)C)ncc34)nc21. The van der Waals surface area contributed by atoms with E-state index in [1.54, 1.807) is 0 Å². The molecule has 0 spiro atoms. The third kappa shape index (κ3) is 2.79. The Morgan fingerprint density at radius 2 is 2.00 bits per heavy atom. The number of hydrogen-bond donors (Lipinski definition) is 1. The Bertz CT molecular complexity index is 1070. The molecule has 26 heavy (non-hydrogen) atoms. The molecule has 0 bridgehead atoms. The van der Waals surface area contributed by atoms with Crippen molar-refractivity contribution in [3.63, 3.8) is 0 Å². The van der Waals surface area contributed by atoms with Crippen LogP contribution >= 0.6 is 0 Å². The Morgan fingerprint density at radius 3 is 2.77 bits per heavy atom. The predicted molar refractivity (Wildman–Crippen MR) is 103 cm³/mol. The molecule has 7 heteroatoms. The minimum absolute atomic E-state index is 0.539. The van der Waals surface area contributed by atoms with Crippen LogP contribution in [0.25, 0.3) is 27.9 Å². The summed E-state index contributed by atoms with van der Waals surface area (Å²) in [4.78, 5) is 13.9. The topological polar surface area (TPSA) is 72.9 Å². The standard InChI is InChI=1S/C19H23N7/c1-5-25-13(4)22-16-7-6-15(23-18(16)25)14-8-9-26-17(14)11-21-19(24-26)20-10-12(2)3/h6-9,11-12H,5,10H2,1-4H3,(H,20,24). The number of aromatic nitrogens is 6. The lowest BCUT2D eigenvalue weighted by Crippen LogP contribution is -2.11. The first-order valence-electron chi connectivity index (χ1n) is 8.99. The van der Waals surface area contributed by atoms with Crippen LogP contribution in [0.1, 0.15) is 26.6 Å². The fraction of sp³-hybridized carbons (Fsp3) is 0.368. The van der Waals surface area contributed by atoms with Gasteiger partial charge in [0.1, 0.15) is 11.3 Å². The molecule has 0 aromatic carbocycles. The highest BCUT2D eigenvalue weighted by Gasteiger charge is 2.13. The summed E-state index contributed by atoms with van der Waals surface area (Å²) in [7, 11) is 0. The molecule has 4 heterocycles. The van der Waals surface area contributed by atoms with Crippen LogP contribution in [0.4, 0.5) is 5.95 Å². The molecule has 0 atom stereocenters. The Hall–Kier alpha value is -2.96. The molecule has 1 N–H and O–H groups in total. The van der Waals surface area contributed by atoms with Gasteiger partial charge in [0.25, 0.3) is 0 Å². The van der Waals surface area contributed by atoms with E-state index in [2.05, 4.69) is 45.7 Å². The summed E-state index contributed by atoms with van der Waals surface area (Å²) < 4.78 is 3.97. The van der Waals surface area contributed by atoms with Gasteiger partial charge >= 0.3 is 0 Å². The summed E-state index contributed by atoms with van der Waals surface area (Å²) in [5.74, 6) is 2.16. The van der Waals surface area contributed by atoms with Gasteiger partial charge in [-0.25, -0.2) is 19.5 Å². The van der Waals surface area contributed by atoms with Crippen molar-refractivity contribution >= 4 is 22.6 Å². The van der Waals surface area contributed by atoms with E-state index in [-0.39, 0.29) is 0 Å². The maximum absolute atomic E-state index is 4.86. The fourth-order valence-corrected chi connectivity index (χ4v) is 3.14. The van der Waals surface area contributed by atoms with E-state index in [1.807, 2.05) is 42.0 Å². The van der Waals surface area contributed by atoms with Gasteiger partial charge in [-0.05, 0) is 38.0 Å². The maximum atomic E-state index is 4.86. The van der Waals surface area contributed by atoms with Gasteiger partial charge in [0.05, 0.1) is 17.4 Å². The number of hydrogen-bond acceptors (Lipinski definition) is 5. The molecule has 4 rings (SSSR count). The molecule has 0 saturated heterocycles. The number of nitrogens with one attached hydrogen (secondary N) is 1. The van der Waals surface area contributed by atoms with Crippen LogP contribution in [0, 0.1) is 12.8 Å². The Labute approximate surface area is 152 Å². The average molecular weight is 349 g/mol. The molecular formula is C19H23N7. The zero-order valence-electron chi connectivity index (χ0n) is 15.6. The minimum atomic E-state index is 0.539. The highest BCUT2D eigenvalue weighted by Crippen LogP contribution is 2.26. The Kier molecular flexibility index (Phi) is 4.06. The number of fused-ring (bicyclic) bond motifs is 2. The molecular weight excluding hydrogens is 326 g/mol. The van der Waals surface area contributed by atoms with Crippen LogP contribution in [0.15, 0.2) is 30.6 Å².